The van der Waals surface area contributed by atoms with Crippen molar-refractivity contribution in [3.63, 3.8) is 0 Å². The summed E-state index contributed by atoms with van der Waals surface area (Å²) in [6, 6.07) is 0. The Hall–Kier alpha value is 2.22. The maximum atomic E-state index is 0. The van der Waals surface area contributed by atoms with Crippen LogP contribution in [0.25, 0.3) is 12.3 Å². The van der Waals surface area contributed by atoms with Crippen LogP contribution in [0.2, 0.25) is 0 Å². The first-order valence-electron chi connectivity index (χ1n) is 0. The summed E-state index contributed by atoms with van der Waals surface area (Å²) in [6.45, 7) is 0. The molecule has 0 unspecified atom stereocenters. The molecule has 0 heterocycles. The van der Waals surface area contributed by atoms with Crippen LogP contribution in [0.3, 0.4) is 0 Å². The van der Waals surface area contributed by atoms with Crippen molar-refractivity contribution in [2.75, 3.05) is 0 Å². The molecule has 5 heteroatoms. The van der Waals surface area contributed by atoms with E-state index < -0.39 is 0 Å². The minimum absolute atomic E-state index is 0. The van der Waals surface area contributed by atoms with Crippen molar-refractivity contribution in [1.29, 1.82) is 0 Å². The van der Waals surface area contributed by atoms with E-state index in [2.05, 4.69) is 0 Å². The monoisotopic (exact) mass is 100.0 g/mol. The van der Waals surface area contributed by atoms with Gasteiger partial charge in [-0.25, -0.2) is 0 Å². The summed E-state index contributed by atoms with van der Waals surface area (Å²) in [5, 5.41) is 0. The molecule has 0 aromatic rings. The summed E-state index contributed by atoms with van der Waals surface area (Å²) in [5.41, 5.74) is 0. The molecule has 0 aliphatic heterocycles. The van der Waals surface area contributed by atoms with Gasteiger partial charge in [-0.1, -0.05) is 0 Å². The topological polar surface area (TPSA) is 61.0 Å². The van der Waals surface area contributed by atoms with Gasteiger partial charge in [-0.05, 0) is 0 Å². The van der Waals surface area contributed by atoms with Gasteiger partial charge in [-0.2, -0.15) is 0 Å². The largest absolute Gasteiger partial charge is 3.00 e. The summed E-state index contributed by atoms with van der Waals surface area (Å²) >= 11 is 0. The van der Waals surface area contributed by atoms with Crippen molar-refractivity contribution in [2.24, 2.45) is 0 Å². The van der Waals surface area contributed by atoms with Gasteiger partial charge in [-0.15, -0.1) is 0 Å². The number of hydrogen-bond donors (Lipinski definition) is 0. The third-order valence-corrected chi connectivity index (χ3v) is 0. The summed E-state index contributed by atoms with van der Waals surface area (Å²) in [6.07, 6.45) is 0. The molecular formula is Mg3N2. The fourth-order valence-corrected chi connectivity index (χ4v) is 0. The summed E-state index contributed by atoms with van der Waals surface area (Å²) < 4.78 is 0. The fraction of sp³-hybridized carbons (Fsp3) is 0. The molecule has 0 saturated carbocycles. The van der Waals surface area contributed by atoms with Crippen LogP contribution in [-0.2, 0) is 0 Å². The van der Waals surface area contributed by atoms with Gasteiger partial charge in [0, 0.05) is 0 Å². The predicted octanol–water partition coefficient (Wildman–Crippen LogP) is -0.565. The van der Waals surface area contributed by atoms with Crippen molar-refractivity contribution in [3.8, 4) is 0 Å². The molecule has 0 fully saturated rings. The first-order chi connectivity index (χ1) is 0. The normalized spacial score (nSPS) is 0. The molecule has 0 bridgehead atoms. The molecule has 0 aliphatic carbocycles. The molecule has 2 nitrogen and oxygen atoms in total. The summed E-state index contributed by atoms with van der Waals surface area (Å²) in [4.78, 5) is 0. The average molecular weight is 101 g/mol. The van der Waals surface area contributed by atoms with Gasteiger partial charge in [0.2, 0.25) is 0 Å². The van der Waals surface area contributed by atoms with E-state index in [1.807, 2.05) is 0 Å². The van der Waals surface area contributed by atoms with Crippen molar-refractivity contribution >= 4 is 69.2 Å². The third kappa shape index (κ3) is 22.5. The minimum atomic E-state index is 0. The summed E-state index contributed by atoms with van der Waals surface area (Å²) in [5.74, 6) is 0. The zero-order valence-electron chi connectivity index (χ0n) is 3.02. The molecule has 0 rings (SSSR count). The van der Waals surface area contributed by atoms with E-state index in [0.717, 1.165) is 0 Å². The van der Waals surface area contributed by atoms with E-state index in [0.29, 0.717) is 0 Å². The van der Waals surface area contributed by atoms with Crippen LogP contribution < -0.4 is 0 Å². The molecule has 16 valence electrons. The first-order valence-corrected chi connectivity index (χ1v) is 0. The van der Waals surface area contributed by atoms with Crippen LogP contribution >= 0.6 is 0 Å². The van der Waals surface area contributed by atoms with Gasteiger partial charge in [0.15, 0.2) is 0 Å². The number of rotatable bonds is 0. The van der Waals surface area contributed by atoms with Crippen molar-refractivity contribution in [2.45, 2.75) is 0 Å². The molecule has 0 N–H and O–H groups in total. The Morgan fingerprint density at radius 1 is 0.400 bits per heavy atom. The fourth-order valence-electron chi connectivity index (χ4n) is 0. The van der Waals surface area contributed by atoms with Crippen LogP contribution in [0.1, 0.15) is 0 Å². The maximum Gasteiger partial charge on any atom is 2.00 e. The Labute approximate surface area is 80.4 Å². The minimum Gasteiger partial charge on any atom is -3.00 e. The van der Waals surface area contributed by atoms with Gasteiger partial charge < -0.3 is 12.3 Å². The van der Waals surface area contributed by atoms with E-state index >= 15 is 0 Å². The Morgan fingerprint density at radius 2 is 0.400 bits per heavy atom. The second-order valence-electron chi connectivity index (χ2n) is 0. The van der Waals surface area contributed by atoms with Crippen molar-refractivity contribution < 1.29 is 0 Å². The molecule has 0 aromatic heterocycles. The van der Waals surface area contributed by atoms with E-state index in [-0.39, 0.29) is 81.5 Å². The second kappa shape index (κ2) is 34.4. The van der Waals surface area contributed by atoms with Gasteiger partial charge in [0.05, 0.1) is 0 Å². The molecule has 0 radical (unpaired) electrons. The van der Waals surface area contributed by atoms with Gasteiger partial charge in [-0.3, -0.25) is 0 Å². The zero-order valence-corrected chi connectivity index (χ0v) is 7.26. The summed E-state index contributed by atoms with van der Waals surface area (Å²) in [7, 11) is 0. The molecular weight excluding hydrogens is 101 g/mol. The smallest absolute Gasteiger partial charge is 2.00 e. The van der Waals surface area contributed by atoms with E-state index in [1.165, 1.54) is 0 Å². The van der Waals surface area contributed by atoms with E-state index in [9.17, 15) is 0 Å². The van der Waals surface area contributed by atoms with Gasteiger partial charge in [0.25, 0.3) is 0 Å². The Morgan fingerprint density at radius 3 is 0.400 bits per heavy atom. The number of hydrogen-bond acceptors (Lipinski definition) is 0. The van der Waals surface area contributed by atoms with Crippen LogP contribution in [0.15, 0.2) is 0 Å². The molecule has 0 amide bonds. The molecule has 0 aliphatic rings. The Balaban J connectivity index is 0. The number of nitrogens with zero attached hydrogens (tertiary/aromatic N) is 2. The predicted molar refractivity (Wildman–Crippen MR) is 24.0 cm³/mol. The molecule has 0 atom stereocenters. The third-order valence-electron chi connectivity index (χ3n) is 0. The van der Waals surface area contributed by atoms with E-state index in [1.54, 1.807) is 0 Å². The van der Waals surface area contributed by atoms with E-state index in [4.69, 9.17) is 0 Å². The second-order valence-corrected chi connectivity index (χ2v) is 0. The van der Waals surface area contributed by atoms with Crippen molar-refractivity contribution in [3.05, 3.63) is 12.3 Å². The first kappa shape index (κ1) is 56.7. The maximum absolute atomic E-state index is 0. The SMILES string of the molecule is [Mg+2].[Mg+2].[Mg+2].[N-3].[N-3]. The standard InChI is InChI=1S/3Mg.2N/q3*+2;2*-3. The quantitative estimate of drug-likeness (QED) is 0.367. The van der Waals surface area contributed by atoms with Gasteiger partial charge >= 0.3 is 69.2 Å². The van der Waals surface area contributed by atoms with Crippen LogP contribution in [0.4, 0.5) is 0 Å². The average Bonchev–Trinajstić information content (AvgIpc) is 0. The molecule has 5 heavy (non-hydrogen) atoms. The molecule has 0 spiro atoms. The Kier molecular flexibility index (Phi) is 390. The van der Waals surface area contributed by atoms with Crippen molar-refractivity contribution in [1.82, 2.24) is 0 Å². The molecule has 0 saturated heterocycles. The van der Waals surface area contributed by atoms with Crippen LogP contribution in [0, 0.1) is 0 Å². The molecule has 0 aromatic carbocycles. The van der Waals surface area contributed by atoms with Crippen LogP contribution in [-0.4, -0.2) is 69.2 Å². The van der Waals surface area contributed by atoms with Crippen LogP contribution in [0.5, 0.6) is 0 Å². The Bertz CT molecular complexity index is 4.85. The zero-order chi connectivity index (χ0) is 0. The van der Waals surface area contributed by atoms with Gasteiger partial charge in [0.1, 0.15) is 0 Å².